The Labute approximate surface area is 113 Å². The van der Waals surface area contributed by atoms with Crippen LogP contribution < -0.4 is 10.6 Å². The van der Waals surface area contributed by atoms with Gasteiger partial charge in [-0.15, -0.1) is 0 Å². The molecule has 0 aliphatic carbocycles. The number of carbonyl (C=O) groups is 1. The molecule has 2 N–H and O–H groups in total. The number of nitrogens with one attached hydrogen (secondary N) is 2. The van der Waals surface area contributed by atoms with Gasteiger partial charge in [-0.1, -0.05) is 20.3 Å². The van der Waals surface area contributed by atoms with Crippen LogP contribution in [0.3, 0.4) is 0 Å². The van der Waals surface area contributed by atoms with Gasteiger partial charge in [0.05, 0.1) is 5.41 Å². The highest BCUT2D eigenvalue weighted by Gasteiger charge is 2.38. The summed E-state index contributed by atoms with van der Waals surface area (Å²) in [6.07, 6.45) is 3.99. The molecular weight excluding hydrogens is 248 g/mol. The van der Waals surface area contributed by atoms with Crippen molar-refractivity contribution in [1.82, 2.24) is 10.6 Å². The van der Waals surface area contributed by atoms with E-state index < -0.39 is 10.8 Å². The summed E-state index contributed by atoms with van der Waals surface area (Å²) >= 11 is 0. The van der Waals surface area contributed by atoms with E-state index in [0.29, 0.717) is 18.1 Å². The molecule has 106 valence electrons. The van der Waals surface area contributed by atoms with Crippen LogP contribution in [-0.2, 0) is 15.6 Å². The molecule has 1 heterocycles. The van der Waals surface area contributed by atoms with Crippen molar-refractivity contribution < 1.29 is 9.00 Å². The Morgan fingerprint density at radius 1 is 1.44 bits per heavy atom. The van der Waals surface area contributed by atoms with Crippen LogP contribution in [0.2, 0.25) is 0 Å². The van der Waals surface area contributed by atoms with Gasteiger partial charge in [-0.2, -0.15) is 0 Å². The van der Waals surface area contributed by atoms with Crippen molar-refractivity contribution in [3.63, 3.8) is 0 Å². The maximum Gasteiger partial charge on any atom is 0.227 e. The van der Waals surface area contributed by atoms with Crippen LogP contribution in [0.15, 0.2) is 0 Å². The largest absolute Gasteiger partial charge is 0.355 e. The molecule has 0 spiro atoms. The lowest BCUT2D eigenvalue weighted by Gasteiger charge is -2.36. The van der Waals surface area contributed by atoms with Crippen LogP contribution in [0.25, 0.3) is 0 Å². The van der Waals surface area contributed by atoms with Crippen molar-refractivity contribution in [2.24, 2.45) is 5.41 Å². The van der Waals surface area contributed by atoms with Crippen LogP contribution in [0, 0.1) is 5.41 Å². The lowest BCUT2D eigenvalue weighted by Crippen LogP contribution is -2.51. The fraction of sp³-hybridized carbons (Fsp3) is 0.923. The van der Waals surface area contributed by atoms with Gasteiger partial charge in [-0.05, 0) is 25.8 Å². The highest BCUT2D eigenvalue weighted by Crippen LogP contribution is 2.31. The van der Waals surface area contributed by atoms with Crippen molar-refractivity contribution in [1.29, 1.82) is 0 Å². The molecule has 1 fully saturated rings. The zero-order valence-corrected chi connectivity index (χ0v) is 12.4. The molecule has 0 radical (unpaired) electrons. The first-order valence-corrected chi connectivity index (χ1v) is 8.47. The fourth-order valence-electron chi connectivity index (χ4n) is 2.58. The molecule has 0 bridgehead atoms. The first kappa shape index (κ1) is 15.6. The van der Waals surface area contributed by atoms with Crippen molar-refractivity contribution in [3.05, 3.63) is 0 Å². The lowest BCUT2D eigenvalue weighted by atomic mass is 9.76. The predicted octanol–water partition coefficient (Wildman–Crippen LogP) is 1.04. The fourth-order valence-corrected chi connectivity index (χ4v) is 3.20. The molecule has 0 aromatic carbocycles. The minimum absolute atomic E-state index is 0.143. The maximum absolute atomic E-state index is 12.3. The standard InChI is InChI=1S/C13H26N2O2S/c1-3-6-13(7-5-8-14-11-13)12(16)15-9-10-18(17)4-2/h14H,3-11H2,1-2H3,(H,15,16). The number of carbonyl (C=O) groups excluding carboxylic acids is 1. The molecule has 0 aromatic heterocycles. The summed E-state index contributed by atoms with van der Waals surface area (Å²) in [5.74, 6) is 1.37. The second-order valence-corrected chi connectivity index (χ2v) is 6.86. The van der Waals surface area contributed by atoms with Crippen LogP contribution in [0.5, 0.6) is 0 Å². The summed E-state index contributed by atoms with van der Waals surface area (Å²) in [4.78, 5) is 12.3. The Hall–Kier alpha value is -0.420. The first-order valence-electron chi connectivity index (χ1n) is 6.98. The van der Waals surface area contributed by atoms with E-state index in [9.17, 15) is 9.00 Å². The average molecular weight is 274 g/mol. The van der Waals surface area contributed by atoms with Gasteiger partial charge in [0.25, 0.3) is 0 Å². The molecule has 0 saturated carbocycles. The molecule has 2 atom stereocenters. The monoisotopic (exact) mass is 274 g/mol. The molecule has 2 unspecified atom stereocenters. The van der Waals surface area contributed by atoms with Gasteiger partial charge < -0.3 is 10.6 Å². The van der Waals surface area contributed by atoms with E-state index in [1.165, 1.54) is 0 Å². The molecule has 1 saturated heterocycles. The topological polar surface area (TPSA) is 58.2 Å². The van der Waals surface area contributed by atoms with Gasteiger partial charge >= 0.3 is 0 Å². The molecule has 1 aliphatic rings. The number of hydrogen-bond acceptors (Lipinski definition) is 3. The van der Waals surface area contributed by atoms with Crippen molar-refractivity contribution in [2.75, 3.05) is 31.1 Å². The van der Waals surface area contributed by atoms with E-state index in [0.717, 1.165) is 38.8 Å². The molecule has 1 rings (SSSR count). The highest BCUT2D eigenvalue weighted by molar-refractivity contribution is 7.84. The smallest absolute Gasteiger partial charge is 0.227 e. The van der Waals surface area contributed by atoms with Gasteiger partial charge in [0.2, 0.25) is 5.91 Å². The summed E-state index contributed by atoms with van der Waals surface area (Å²) in [7, 11) is -0.796. The molecule has 0 aromatic rings. The molecule has 18 heavy (non-hydrogen) atoms. The zero-order valence-electron chi connectivity index (χ0n) is 11.6. The Kier molecular flexibility index (Phi) is 6.86. The number of amides is 1. The summed E-state index contributed by atoms with van der Waals surface area (Å²) in [5, 5.41) is 6.30. The van der Waals surface area contributed by atoms with Crippen LogP contribution >= 0.6 is 0 Å². The van der Waals surface area contributed by atoms with E-state index in [1.54, 1.807) is 0 Å². The van der Waals surface area contributed by atoms with E-state index >= 15 is 0 Å². The highest BCUT2D eigenvalue weighted by atomic mass is 32.2. The predicted molar refractivity (Wildman–Crippen MR) is 76.0 cm³/mol. The van der Waals surface area contributed by atoms with E-state index in [-0.39, 0.29) is 11.3 Å². The molecule has 1 amide bonds. The second-order valence-electron chi connectivity index (χ2n) is 5.00. The summed E-state index contributed by atoms with van der Waals surface area (Å²) in [5.41, 5.74) is -0.235. The van der Waals surface area contributed by atoms with Gasteiger partial charge in [0.15, 0.2) is 0 Å². The normalized spacial score (nSPS) is 25.7. The van der Waals surface area contributed by atoms with E-state index in [2.05, 4.69) is 17.6 Å². The third-order valence-corrected chi connectivity index (χ3v) is 4.92. The Bertz CT molecular complexity index is 283. The van der Waals surface area contributed by atoms with E-state index in [1.807, 2.05) is 6.92 Å². The summed E-state index contributed by atoms with van der Waals surface area (Å²) in [6, 6.07) is 0. The third-order valence-electron chi connectivity index (χ3n) is 3.62. The molecule has 5 heteroatoms. The van der Waals surface area contributed by atoms with Crippen LogP contribution in [-0.4, -0.2) is 41.3 Å². The Morgan fingerprint density at radius 2 is 2.22 bits per heavy atom. The summed E-state index contributed by atoms with van der Waals surface area (Å²) in [6.45, 7) is 6.35. The molecular formula is C13H26N2O2S. The third kappa shape index (κ3) is 4.35. The Morgan fingerprint density at radius 3 is 2.78 bits per heavy atom. The molecule has 4 nitrogen and oxygen atoms in total. The SMILES string of the molecule is CCCC1(C(=O)NCCS(=O)CC)CCCNC1. The van der Waals surface area contributed by atoms with Gasteiger partial charge in [-0.25, -0.2) is 0 Å². The first-order chi connectivity index (χ1) is 8.64. The maximum atomic E-state index is 12.3. The minimum atomic E-state index is -0.796. The van der Waals surface area contributed by atoms with Crippen molar-refractivity contribution in [3.8, 4) is 0 Å². The summed E-state index contributed by atoms with van der Waals surface area (Å²) < 4.78 is 11.3. The molecule has 1 aliphatic heterocycles. The number of piperidine rings is 1. The number of hydrogen-bond donors (Lipinski definition) is 2. The minimum Gasteiger partial charge on any atom is -0.355 e. The van der Waals surface area contributed by atoms with Gasteiger partial charge in [-0.3, -0.25) is 9.00 Å². The van der Waals surface area contributed by atoms with Crippen molar-refractivity contribution >= 4 is 16.7 Å². The Balaban J connectivity index is 2.46. The zero-order chi connectivity index (χ0) is 13.4. The lowest BCUT2D eigenvalue weighted by molar-refractivity contribution is -0.132. The number of rotatable bonds is 7. The average Bonchev–Trinajstić information content (AvgIpc) is 2.39. The van der Waals surface area contributed by atoms with Gasteiger partial charge in [0, 0.05) is 35.4 Å². The van der Waals surface area contributed by atoms with Crippen LogP contribution in [0.4, 0.5) is 0 Å². The van der Waals surface area contributed by atoms with E-state index in [4.69, 9.17) is 0 Å². The van der Waals surface area contributed by atoms with Gasteiger partial charge in [0.1, 0.15) is 0 Å². The van der Waals surface area contributed by atoms with Crippen LogP contribution in [0.1, 0.15) is 39.5 Å². The van der Waals surface area contributed by atoms with Crippen molar-refractivity contribution in [2.45, 2.75) is 39.5 Å². The second kappa shape index (κ2) is 7.89. The quantitative estimate of drug-likeness (QED) is 0.729.